The number of carbonyl (C=O) groups excluding carboxylic acids is 1. The Balaban J connectivity index is 1.47. The molecule has 0 bridgehead atoms. The number of carbonyl (C=O) groups is 1. The standard InChI is InChI=1S/C23H22N4O3/c1-29-19-11-16-18(12-20(19)30-2)24-13-25-22(16)27-9-7-14(8-10-27)21-15-5-3-4-6-17(15)26-23(21)28/h3-6,11-13H,7-10H2,1-2H3,(H,26,28). The van der Waals surface area contributed by atoms with Crippen molar-refractivity contribution in [1.29, 1.82) is 0 Å². The molecule has 0 radical (unpaired) electrons. The Morgan fingerprint density at radius 2 is 1.73 bits per heavy atom. The molecule has 5 rings (SSSR count). The summed E-state index contributed by atoms with van der Waals surface area (Å²) >= 11 is 0. The fourth-order valence-corrected chi connectivity index (χ4v) is 4.33. The first-order valence-electron chi connectivity index (χ1n) is 9.94. The van der Waals surface area contributed by atoms with Gasteiger partial charge >= 0.3 is 0 Å². The Labute approximate surface area is 174 Å². The Kier molecular flexibility index (Phi) is 4.50. The molecule has 1 aromatic heterocycles. The zero-order valence-electron chi connectivity index (χ0n) is 16.9. The van der Waals surface area contributed by atoms with Crippen LogP contribution in [0, 0.1) is 0 Å². The molecule has 0 atom stereocenters. The van der Waals surface area contributed by atoms with E-state index in [1.54, 1.807) is 20.5 Å². The number of anilines is 2. The zero-order chi connectivity index (χ0) is 20.7. The molecule has 7 heteroatoms. The highest BCUT2D eigenvalue weighted by Gasteiger charge is 2.29. The Morgan fingerprint density at radius 1 is 1.00 bits per heavy atom. The number of hydrogen-bond donors (Lipinski definition) is 1. The van der Waals surface area contributed by atoms with Crippen molar-refractivity contribution in [3.8, 4) is 11.5 Å². The Bertz CT molecular complexity index is 1180. The second kappa shape index (κ2) is 7.33. The third-order valence-electron chi connectivity index (χ3n) is 5.81. The monoisotopic (exact) mass is 402 g/mol. The van der Waals surface area contributed by atoms with Gasteiger partial charge in [-0.25, -0.2) is 9.97 Å². The number of methoxy groups -OCH3 is 2. The first kappa shape index (κ1) is 18.4. The molecule has 1 N–H and O–H groups in total. The van der Waals surface area contributed by atoms with Crippen molar-refractivity contribution in [3.63, 3.8) is 0 Å². The largest absolute Gasteiger partial charge is 0.493 e. The summed E-state index contributed by atoms with van der Waals surface area (Å²) in [6.07, 6.45) is 3.21. The van der Waals surface area contributed by atoms with Gasteiger partial charge < -0.3 is 19.7 Å². The molecule has 1 amide bonds. The van der Waals surface area contributed by atoms with Crippen molar-refractivity contribution in [2.45, 2.75) is 12.8 Å². The molecule has 1 fully saturated rings. The van der Waals surface area contributed by atoms with Gasteiger partial charge in [0.1, 0.15) is 12.1 Å². The minimum Gasteiger partial charge on any atom is -0.493 e. The lowest BCUT2D eigenvalue weighted by Gasteiger charge is -2.31. The van der Waals surface area contributed by atoms with Gasteiger partial charge in [0.25, 0.3) is 5.91 Å². The van der Waals surface area contributed by atoms with Gasteiger partial charge in [0.05, 0.1) is 19.7 Å². The molecule has 2 aliphatic heterocycles. The molecule has 3 aromatic rings. The molecule has 0 aliphatic carbocycles. The van der Waals surface area contributed by atoms with Gasteiger partial charge in [-0.2, -0.15) is 0 Å². The van der Waals surface area contributed by atoms with E-state index in [4.69, 9.17) is 9.47 Å². The molecule has 7 nitrogen and oxygen atoms in total. The first-order chi connectivity index (χ1) is 14.7. The maximum absolute atomic E-state index is 12.6. The number of amides is 1. The van der Waals surface area contributed by atoms with Crippen molar-refractivity contribution in [3.05, 3.63) is 53.9 Å². The highest BCUT2D eigenvalue weighted by molar-refractivity contribution is 6.32. The number of nitrogens with zero attached hydrogens (tertiary/aromatic N) is 3. The second-order valence-electron chi connectivity index (χ2n) is 7.39. The lowest BCUT2D eigenvalue weighted by molar-refractivity contribution is -0.110. The van der Waals surface area contributed by atoms with Crippen LogP contribution >= 0.6 is 0 Å². The number of benzene rings is 2. The number of para-hydroxylation sites is 1. The predicted molar refractivity (Wildman–Crippen MR) is 116 cm³/mol. The lowest BCUT2D eigenvalue weighted by Crippen LogP contribution is -2.32. The van der Waals surface area contributed by atoms with Crippen LogP contribution in [0.2, 0.25) is 0 Å². The molecule has 2 aromatic carbocycles. The fourth-order valence-electron chi connectivity index (χ4n) is 4.33. The summed E-state index contributed by atoms with van der Waals surface area (Å²) in [5.74, 6) is 2.18. The second-order valence-corrected chi connectivity index (χ2v) is 7.39. The van der Waals surface area contributed by atoms with E-state index in [0.29, 0.717) is 11.5 Å². The van der Waals surface area contributed by atoms with Crippen LogP contribution in [-0.4, -0.2) is 43.2 Å². The van der Waals surface area contributed by atoms with Crippen LogP contribution in [0.1, 0.15) is 18.4 Å². The fraction of sp³-hybridized carbons (Fsp3) is 0.261. The summed E-state index contributed by atoms with van der Waals surface area (Å²) in [5.41, 5.74) is 4.76. The Hall–Kier alpha value is -3.61. The van der Waals surface area contributed by atoms with Gasteiger partial charge in [0, 0.05) is 41.4 Å². The number of ether oxygens (including phenoxy) is 2. The van der Waals surface area contributed by atoms with Crippen LogP contribution in [0.5, 0.6) is 11.5 Å². The lowest BCUT2D eigenvalue weighted by atomic mass is 9.94. The van der Waals surface area contributed by atoms with Crippen LogP contribution in [-0.2, 0) is 4.79 Å². The molecule has 0 saturated carbocycles. The normalized spacial score (nSPS) is 15.9. The van der Waals surface area contributed by atoms with Crippen LogP contribution in [0.3, 0.4) is 0 Å². The molecular formula is C23H22N4O3. The Morgan fingerprint density at radius 3 is 2.50 bits per heavy atom. The maximum Gasteiger partial charge on any atom is 0.256 e. The van der Waals surface area contributed by atoms with E-state index in [1.807, 2.05) is 36.4 Å². The van der Waals surface area contributed by atoms with Gasteiger partial charge in [0.15, 0.2) is 11.5 Å². The van der Waals surface area contributed by atoms with Crippen molar-refractivity contribution in [1.82, 2.24) is 9.97 Å². The molecule has 0 unspecified atom stereocenters. The van der Waals surface area contributed by atoms with Crippen LogP contribution < -0.4 is 19.7 Å². The minimum absolute atomic E-state index is 0.00367. The highest BCUT2D eigenvalue weighted by Crippen LogP contribution is 2.39. The van der Waals surface area contributed by atoms with Crippen molar-refractivity contribution < 1.29 is 14.3 Å². The van der Waals surface area contributed by atoms with E-state index in [1.165, 1.54) is 5.57 Å². The molecule has 152 valence electrons. The highest BCUT2D eigenvalue weighted by atomic mass is 16.5. The SMILES string of the molecule is COc1cc2ncnc(N3CCC(=C4C(=O)Nc5ccccc54)CC3)c2cc1OC. The number of hydrogen-bond acceptors (Lipinski definition) is 6. The quantitative estimate of drug-likeness (QED) is 0.674. The van der Waals surface area contributed by atoms with Crippen molar-refractivity contribution in [2.75, 3.05) is 37.5 Å². The molecule has 3 heterocycles. The number of fused-ring (bicyclic) bond motifs is 2. The van der Waals surface area contributed by atoms with Crippen molar-refractivity contribution >= 4 is 33.9 Å². The van der Waals surface area contributed by atoms with Gasteiger partial charge in [-0.1, -0.05) is 23.8 Å². The smallest absolute Gasteiger partial charge is 0.256 e. The number of aromatic nitrogens is 2. The van der Waals surface area contributed by atoms with Gasteiger partial charge in [-0.05, 0) is 25.0 Å². The molecular weight excluding hydrogens is 380 g/mol. The first-order valence-corrected chi connectivity index (χ1v) is 9.94. The van der Waals surface area contributed by atoms with Crippen LogP contribution in [0.25, 0.3) is 16.5 Å². The average Bonchev–Trinajstić information content (AvgIpc) is 3.13. The summed E-state index contributed by atoms with van der Waals surface area (Å²) in [7, 11) is 3.24. The molecule has 30 heavy (non-hydrogen) atoms. The number of piperidine rings is 1. The molecule has 0 spiro atoms. The van der Waals surface area contributed by atoms with Crippen LogP contribution in [0.4, 0.5) is 11.5 Å². The van der Waals surface area contributed by atoms with Crippen molar-refractivity contribution in [2.24, 2.45) is 0 Å². The predicted octanol–water partition coefficient (Wildman–Crippen LogP) is 3.65. The van der Waals surface area contributed by atoms with Gasteiger partial charge in [-0.3, -0.25) is 4.79 Å². The third-order valence-corrected chi connectivity index (χ3v) is 5.81. The summed E-state index contributed by atoms with van der Waals surface area (Å²) in [4.78, 5) is 23.8. The summed E-state index contributed by atoms with van der Waals surface area (Å²) < 4.78 is 10.9. The minimum atomic E-state index is 0.00367. The summed E-state index contributed by atoms with van der Waals surface area (Å²) in [6, 6.07) is 11.7. The molecule has 1 saturated heterocycles. The van der Waals surface area contributed by atoms with E-state index in [0.717, 1.165) is 59.5 Å². The van der Waals surface area contributed by atoms with E-state index >= 15 is 0 Å². The van der Waals surface area contributed by atoms with Gasteiger partial charge in [-0.15, -0.1) is 0 Å². The maximum atomic E-state index is 12.6. The number of nitrogens with one attached hydrogen (secondary N) is 1. The van der Waals surface area contributed by atoms with E-state index in [9.17, 15) is 4.79 Å². The third kappa shape index (κ3) is 2.94. The summed E-state index contributed by atoms with van der Waals surface area (Å²) in [6.45, 7) is 1.57. The van der Waals surface area contributed by atoms with E-state index in [2.05, 4.69) is 20.2 Å². The van der Waals surface area contributed by atoms with E-state index in [-0.39, 0.29) is 5.91 Å². The van der Waals surface area contributed by atoms with E-state index < -0.39 is 0 Å². The summed E-state index contributed by atoms with van der Waals surface area (Å²) in [5, 5.41) is 3.90. The van der Waals surface area contributed by atoms with Crippen LogP contribution in [0.15, 0.2) is 48.3 Å². The topological polar surface area (TPSA) is 76.6 Å². The number of rotatable bonds is 3. The van der Waals surface area contributed by atoms with Gasteiger partial charge in [0.2, 0.25) is 0 Å². The zero-order valence-corrected chi connectivity index (χ0v) is 16.9. The molecule has 2 aliphatic rings. The average molecular weight is 402 g/mol.